The molecule has 0 bridgehead atoms. The minimum atomic E-state index is -1.87. The van der Waals surface area contributed by atoms with Gasteiger partial charge in [0.05, 0.1) is 19.2 Å². The Hall–Kier alpha value is -2.10. The van der Waals surface area contributed by atoms with Crippen molar-refractivity contribution in [2.24, 2.45) is 5.16 Å². The third kappa shape index (κ3) is 6.20. The van der Waals surface area contributed by atoms with Crippen molar-refractivity contribution in [2.45, 2.75) is 70.0 Å². The molecule has 0 saturated heterocycles. The first-order valence-corrected chi connectivity index (χ1v) is 13.0. The molecule has 1 amide bonds. The molecule has 0 fully saturated rings. The fourth-order valence-electron chi connectivity index (χ4n) is 2.93. The van der Waals surface area contributed by atoms with Gasteiger partial charge in [0, 0.05) is 13.0 Å². The standard InChI is InChI=1S/C21H34N2O6Si/c1-20(2,3)30(5,6)28-12-11-16-14-21(26,29-23-16)18(22-19(24)25)13-15-7-9-17(27-4)10-8-15/h7-10,18,22,26H,11-14H2,1-6H3,(H,24,25)/t18-,21?/m0/s1. The number of aliphatic hydroxyl groups is 1. The second-order valence-corrected chi connectivity index (χ2v) is 14.0. The first kappa shape index (κ1) is 24.2. The monoisotopic (exact) mass is 438 g/mol. The van der Waals surface area contributed by atoms with Crippen LogP contribution in [0.3, 0.4) is 0 Å². The Labute approximate surface area is 179 Å². The molecule has 0 spiro atoms. The molecule has 3 N–H and O–H groups in total. The molecule has 0 aliphatic carbocycles. The summed E-state index contributed by atoms with van der Waals surface area (Å²) in [6.07, 6.45) is -0.345. The van der Waals surface area contributed by atoms with Gasteiger partial charge in [-0.1, -0.05) is 38.1 Å². The van der Waals surface area contributed by atoms with E-state index in [0.29, 0.717) is 24.5 Å². The maximum absolute atomic E-state index is 11.3. The van der Waals surface area contributed by atoms with Crippen molar-refractivity contribution in [1.82, 2.24) is 5.32 Å². The lowest BCUT2D eigenvalue weighted by Crippen LogP contribution is -2.54. The van der Waals surface area contributed by atoms with Crippen LogP contribution in [0.15, 0.2) is 29.4 Å². The van der Waals surface area contributed by atoms with Gasteiger partial charge in [-0.3, -0.25) is 0 Å². The zero-order valence-electron chi connectivity index (χ0n) is 18.7. The molecule has 1 heterocycles. The number of oxime groups is 1. The normalized spacial score (nSPS) is 20.3. The van der Waals surface area contributed by atoms with Gasteiger partial charge in [0.15, 0.2) is 8.32 Å². The summed E-state index contributed by atoms with van der Waals surface area (Å²) in [5, 5.41) is 26.7. The van der Waals surface area contributed by atoms with E-state index < -0.39 is 26.2 Å². The highest BCUT2D eigenvalue weighted by Gasteiger charge is 2.46. The number of ether oxygens (including phenoxy) is 1. The van der Waals surface area contributed by atoms with Crippen molar-refractivity contribution in [3.8, 4) is 5.75 Å². The van der Waals surface area contributed by atoms with Crippen LogP contribution in [0.25, 0.3) is 0 Å². The molecule has 30 heavy (non-hydrogen) atoms. The Kier molecular flexibility index (Phi) is 7.54. The van der Waals surface area contributed by atoms with Gasteiger partial charge in [-0.2, -0.15) is 0 Å². The summed E-state index contributed by atoms with van der Waals surface area (Å²) in [4.78, 5) is 16.6. The van der Waals surface area contributed by atoms with Gasteiger partial charge in [-0.05, 0) is 42.2 Å². The van der Waals surface area contributed by atoms with Crippen molar-refractivity contribution in [3.63, 3.8) is 0 Å². The van der Waals surface area contributed by atoms with Gasteiger partial charge in [-0.25, -0.2) is 4.79 Å². The number of amides is 1. The highest BCUT2D eigenvalue weighted by atomic mass is 28.4. The molecule has 0 saturated carbocycles. The average molecular weight is 439 g/mol. The van der Waals surface area contributed by atoms with Crippen molar-refractivity contribution >= 4 is 20.1 Å². The van der Waals surface area contributed by atoms with Crippen LogP contribution in [0.2, 0.25) is 18.1 Å². The van der Waals surface area contributed by atoms with Crippen LogP contribution < -0.4 is 10.1 Å². The molecular formula is C21H34N2O6Si. The Bertz CT molecular complexity index is 760. The molecule has 0 aromatic heterocycles. The van der Waals surface area contributed by atoms with Crippen molar-refractivity contribution in [2.75, 3.05) is 13.7 Å². The molecule has 1 aliphatic heterocycles. The van der Waals surface area contributed by atoms with Crippen LogP contribution in [0.4, 0.5) is 4.79 Å². The second kappa shape index (κ2) is 9.36. The smallest absolute Gasteiger partial charge is 0.405 e. The lowest BCUT2D eigenvalue weighted by Gasteiger charge is -2.36. The Morgan fingerprint density at radius 3 is 2.50 bits per heavy atom. The first-order valence-electron chi connectivity index (χ1n) is 10.1. The summed E-state index contributed by atoms with van der Waals surface area (Å²) in [5.74, 6) is -1.05. The number of nitrogens with one attached hydrogen (secondary N) is 1. The van der Waals surface area contributed by atoms with E-state index in [1.165, 1.54) is 0 Å². The maximum atomic E-state index is 11.3. The maximum Gasteiger partial charge on any atom is 0.405 e. The summed E-state index contributed by atoms with van der Waals surface area (Å²) < 4.78 is 11.3. The van der Waals surface area contributed by atoms with Crippen LogP contribution in [-0.2, 0) is 15.7 Å². The second-order valence-electron chi connectivity index (χ2n) is 9.18. The molecule has 2 atom stereocenters. The van der Waals surface area contributed by atoms with Crippen LogP contribution >= 0.6 is 0 Å². The van der Waals surface area contributed by atoms with E-state index >= 15 is 0 Å². The number of hydrogen-bond acceptors (Lipinski definition) is 6. The van der Waals surface area contributed by atoms with Crippen LogP contribution in [0.1, 0.15) is 39.2 Å². The highest BCUT2D eigenvalue weighted by molar-refractivity contribution is 6.74. The summed E-state index contributed by atoms with van der Waals surface area (Å²) in [6.45, 7) is 11.4. The Balaban J connectivity index is 2.00. The number of benzene rings is 1. The lowest BCUT2D eigenvalue weighted by molar-refractivity contribution is -0.203. The van der Waals surface area contributed by atoms with E-state index in [9.17, 15) is 15.0 Å². The molecule has 168 valence electrons. The van der Waals surface area contributed by atoms with Gasteiger partial charge in [0.2, 0.25) is 0 Å². The van der Waals surface area contributed by atoms with E-state index in [0.717, 1.165) is 5.56 Å². The third-order valence-corrected chi connectivity index (χ3v) is 10.4. The number of rotatable bonds is 9. The van der Waals surface area contributed by atoms with E-state index in [1.54, 1.807) is 19.2 Å². The molecule has 1 aliphatic rings. The molecule has 9 heteroatoms. The number of carbonyl (C=O) groups is 1. The van der Waals surface area contributed by atoms with E-state index in [1.807, 2.05) is 12.1 Å². The highest BCUT2D eigenvalue weighted by Crippen LogP contribution is 2.37. The van der Waals surface area contributed by atoms with Gasteiger partial charge >= 0.3 is 6.09 Å². The minimum Gasteiger partial charge on any atom is -0.497 e. The van der Waals surface area contributed by atoms with E-state index in [4.69, 9.17) is 14.0 Å². The number of nitrogens with zero attached hydrogens (tertiary/aromatic N) is 1. The first-order chi connectivity index (χ1) is 13.9. The minimum absolute atomic E-state index is 0.108. The summed E-state index contributed by atoms with van der Waals surface area (Å²) >= 11 is 0. The van der Waals surface area contributed by atoms with Crippen molar-refractivity contribution in [1.29, 1.82) is 0 Å². The molecule has 1 aromatic rings. The zero-order chi connectivity index (χ0) is 22.6. The lowest BCUT2D eigenvalue weighted by atomic mass is 9.94. The van der Waals surface area contributed by atoms with E-state index in [-0.39, 0.29) is 17.9 Å². The van der Waals surface area contributed by atoms with Crippen LogP contribution in [0.5, 0.6) is 5.75 Å². The molecule has 1 aromatic carbocycles. The Morgan fingerprint density at radius 1 is 1.33 bits per heavy atom. The average Bonchev–Trinajstić information content (AvgIpc) is 3.03. The summed E-state index contributed by atoms with van der Waals surface area (Å²) in [5.41, 5.74) is 1.49. The van der Waals surface area contributed by atoms with Crippen molar-refractivity contribution < 1.29 is 29.0 Å². The molecule has 8 nitrogen and oxygen atoms in total. The van der Waals surface area contributed by atoms with Gasteiger partial charge in [0.1, 0.15) is 11.8 Å². The largest absolute Gasteiger partial charge is 0.497 e. The molecule has 2 rings (SSSR count). The number of hydrogen-bond donors (Lipinski definition) is 3. The zero-order valence-corrected chi connectivity index (χ0v) is 19.7. The quantitative estimate of drug-likeness (QED) is 0.507. The van der Waals surface area contributed by atoms with E-state index in [2.05, 4.69) is 44.3 Å². The molecular weight excluding hydrogens is 404 g/mol. The summed E-state index contributed by atoms with van der Waals surface area (Å²) in [6, 6.07) is 6.33. The fourth-order valence-corrected chi connectivity index (χ4v) is 3.98. The number of methoxy groups -OCH3 is 1. The van der Waals surface area contributed by atoms with Gasteiger partial charge < -0.3 is 29.5 Å². The predicted octanol–water partition coefficient (Wildman–Crippen LogP) is 3.75. The van der Waals surface area contributed by atoms with Gasteiger partial charge in [0.25, 0.3) is 5.79 Å². The summed E-state index contributed by atoms with van der Waals surface area (Å²) in [7, 11) is -0.298. The van der Waals surface area contributed by atoms with Crippen molar-refractivity contribution in [3.05, 3.63) is 29.8 Å². The Morgan fingerprint density at radius 2 is 1.97 bits per heavy atom. The molecule has 1 unspecified atom stereocenters. The fraction of sp³-hybridized carbons (Fsp3) is 0.619. The third-order valence-electron chi connectivity index (χ3n) is 5.89. The SMILES string of the molecule is COc1ccc(C[C@H](NC(=O)O)C2(O)CC(CCO[Si](C)(C)C(C)(C)C)=NO2)cc1. The van der Waals surface area contributed by atoms with Crippen LogP contribution in [0, 0.1) is 0 Å². The number of carboxylic acid groups (broad SMARTS) is 1. The topological polar surface area (TPSA) is 110 Å². The van der Waals surface area contributed by atoms with Crippen LogP contribution in [-0.4, -0.2) is 55.9 Å². The predicted molar refractivity (Wildman–Crippen MR) is 117 cm³/mol. The molecule has 0 radical (unpaired) electrons. The van der Waals surface area contributed by atoms with Gasteiger partial charge in [-0.15, -0.1) is 0 Å².